The quantitative estimate of drug-likeness (QED) is 0.576. The zero-order chi connectivity index (χ0) is 8.93. The molecule has 0 saturated heterocycles. The standard InChI is InChI=1S/C6H8N2O3S/c1-8-5-3-12(10,11)2-4(5)6(9)7-8/h2-3H2,1H3,(H,7,9). The molecule has 1 aliphatic heterocycles. The highest BCUT2D eigenvalue weighted by molar-refractivity contribution is 7.90. The van der Waals surface area contributed by atoms with Crippen molar-refractivity contribution in [3.63, 3.8) is 0 Å². The Labute approximate surface area is 68.9 Å². The second-order valence-corrected chi connectivity index (χ2v) is 5.02. The van der Waals surface area contributed by atoms with Crippen molar-refractivity contribution < 1.29 is 8.42 Å². The fourth-order valence-corrected chi connectivity index (χ4v) is 3.06. The molecule has 66 valence electrons. The van der Waals surface area contributed by atoms with Gasteiger partial charge in [0.2, 0.25) is 0 Å². The van der Waals surface area contributed by atoms with Crippen molar-refractivity contribution in [3.05, 3.63) is 21.6 Å². The molecule has 0 fully saturated rings. The lowest BCUT2D eigenvalue weighted by Gasteiger charge is -1.94. The van der Waals surface area contributed by atoms with E-state index in [1.54, 1.807) is 7.05 Å². The van der Waals surface area contributed by atoms with Gasteiger partial charge in [-0.25, -0.2) is 8.42 Å². The normalized spacial score (nSPS) is 19.4. The molecule has 0 aliphatic carbocycles. The van der Waals surface area contributed by atoms with E-state index in [2.05, 4.69) is 5.10 Å². The predicted molar refractivity (Wildman–Crippen MR) is 42.4 cm³/mol. The maximum Gasteiger partial charge on any atom is 0.268 e. The van der Waals surface area contributed by atoms with Crippen LogP contribution in [-0.2, 0) is 28.4 Å². The summed E-state index contributed by atoms with van der Waals surface area (Å²) in [6.45, 7) is 0. The number of rotatable bonds is 0. The van der Waals surface area contributed by atoms with Crippen LogP contribution in [0.2, 0.25) is 0 Å². The number of aromatic nitrogens is 2. The summed E-state index contributed by atoms with van der Waals surface area (Å²) >= 11 is 0. The van der Waals surface area contributed by atoms with Gasteiger partial charge in [-0.3, -0.25) is 14.6 Å². The van der Waals surface area contributed by atoms with Gasteiger partial charge in [0.05, 0.1) is 22.8 Å². The number of aryl methyl sites for hydroxylation is 1. The van der Waals surface area contributed by atoms with E-state index in [1.165, 1.54) is 4.68 Å². The summed E-state index contributed by atoms with van der Waals surface area (Å²) in [6.07, 6.45) is 0. The van der Waals surface area contributed by atoms with Crippen LogP contribution >= 0.6 is 0 Å². The molecule has 6 heteroatoms. The molecule has 12 heavy (non-hydrogen) atoms. The van der Waals surface area contributed by atoms with E-state index in [0.717, 1.165) is 0 Å². The number of H-pyrrole nitrogens is 1. The summed E-state index contributed by atoms with van der Waals surface area (Å²) in [6, 6.07) is 0. The highest BCUT2D eigenvalue weighted by atomic mass is 32.2. The average Bonchev–Trinajstić information content (AvgIpc) is 2.34. The molecule has 5 nitrogen and oxygen atoms in total. The van der Waals surface area contributed by atoms with E-state index < -0.39 is 9.84 Å². The smallest absolute Gasteiger partial charge is 0.268 e. The Kier molecular flexibility index (Phi) is 1.27. The Morgan fingerprint density at radius 2 is 2.08 bits per heavy atom. The van der Waals surface area contributed by atoms with Crippen molar-refractivity contribution in [2.75, 3.05) is 0 Å². The Morgan fingerprint density at radius 1 is 1.42 bits per heavy atom. The largest absolute Gasteiger partial charge is 0.291 e. The zero-order valence-corrected chi connectivity index (χ0v) is 7.31. The van der Waals surface area contributed by atoms with Gasteiger partial charge < -0.3 is 0 Å². The van der Waals surface area contributed by atoms with E-state index in [4.69, 9.17) is 0 Å². The molecular weight excluding hydrogens is 180 g/mol. The Balaban J connectivity index is 2.72. The van der Waals surface area contributed by atoms with E-state index in [-0.39, 0.29) is 17.1 Å². The summed E-state index contributed by atoms with van der Waals surface area (Å²) in [5.74, 6) is -0.129. The molecule has 0 aromatic carbocycles. The highest BCUT2D eigenvalue weighted by Crippen LogP contribution is 2.20. The summed E-state index contributed by atoms with van der Waals surface area (Å²) in [7, 11) is -1.41. The molecule has 0 unspecified atom stereocenters. The minimum absolute atomic E-state index is 0.0163. The number of aromatic amines is 1. The molecule has 1 aromatic heterocycles. The van der Waals surface area contributed by atoms with Gasteiger partial charge in [0.15, 0.2) is 9.84 Å². The second-order valence-electron chi connectivity index (χ2n) is 2.96. The van der Waals surface area contributed by atoms with E-state index in [1.807, 2.05) is 0 Å². The van der Waals surface area contributed by atoms with E-state index >= 15 is 0 Å². The molecule has 0 spiro atoms. The molecule has 0 saturated carbocycles. The van der Waals surface area contributed by atoms with Crippen LogP contribution in [0.3, 0.4) is 0 Å². The number of nitrogens with zero attached hydrogens (tertiary/aromatic N) is 1. The van der Waals surface area contributed by atoms with Crippen LogP contribution in [0.15, 0.2) is 4.79 Å². The summed E-state index contributed by atoms with van der Waals surface area (Å²) in [5, 5.41) is 2.51. The number of sulfone groups is 1. The molecule has 0 amide bonds. The summed E-state index contributed by atoms with van der Waals surface area (Å²) in [5.41, 5.74) is 0.714. The molecule has 1 aliphatic rings. The summed E-state index contributed by atoms with van der Waals surface area (Å²) < 4.78 is 23.6. The van der Waals surface area contributed by atoms with Crippen molar-refractivity contribution >= 4 is 9.84 Å². The number of hydrogen-bond donors (Lipinski definition) is 1. The van der Waals surface area contributed by atoms with Crippen molar-refractivity contribution in [2.24, 2.45) is 7.05 Å². The minimum Gasteiger partial charge on any atom is -0.291 e. The van der Waals surface area contributed by atoms with Crippen LogP contribution in [0.1, 0.15) is 11.3 Å². The van der Waals surface area contributed by atoms with Gasteiger partial charge in [-0.05, 0) is 0 Å². The topological polar surface area (TPSA) is 71.9 Å². The predicted octanol–water partition coefficient (Wildman–Crippen LogP) is -0.858. The molecule has 1 aromatic rings. The first-order valence-corrected chi connectivity index (χ1v) is 5.29. The van der Waals surface area contributed by atoms with Gasteiger partial charge >= 0.3 is 0 Å². The lowest BCUT2D eigenvalue weighted by molar-refractivity contribution is 0.595. The Bertz CT molecular complexity index is 479. The van der Waals surface area contributed by atoms with Crippen molar-refractivity contribution in [3.8, 4) is 0 Å². The lowest BCUT2D eigenvalue weighted by atomic mass is 10.3. The Hall–Kier alpha value is -1.04. The molecule has 0 bridgehead atoms. The number of hydrogen-bond acceptors (Lipinski definition) is 3. The monoisotopic (exact) mass is 188 g/mol. The van der Waals surface area contributed by atoms with E-state index in [0.29, 0.717) is 11.3 Å². The van der Waals surface area contributed by atoms with Gasteiger partial charge in [-0.1, -0.05) is 0 Å². The minimum atomic E-state index is -3.05. The van der Waals surface area contributed by atoms with Crippen molar-refractivity contribution in [2.45, 2.75) is 11.5 Å². The highest BCUT2D eigenvalue weighted by Gasteiger charge is 2.30. The van der Waals surface area contributed by atoms with Gasteiger partial charge in [0.1, 0.15) is 0 Å². The fourth-order valence-electron chi connectivity index (χ4n) is 1.43. The van der Waals surface area contributed by atoms with Gasteiger partial charge in [0, 0.05) is 7.05 Å². The third-order valence-electron chi connectivity index (χ3n) is 2.02. The second kappa shape index (κ2) is 2.01. The first-order valence-electron chi connectivity index (χ1n) is 3.47. The molecule has 0 atom stereocenters. The van der Waals surface area contributed by atoms with E-state index in [9.17, 15) is 13.2 Å². The van der Waals surface area contributed by atoms with Crippen LogP contribution in [0.4, 0.5) is 0 Å². The van der Waals surface area contributed by atoms with Crippen LogP contribution in [0.5, 0.6) is 0 Å². The number of fused-ring (bicyclic) bond motifs is 1. The number of nitrogens with one attached hydrogen (secondary N) is 1. The fraction of sp³-hybridized carbons (Fsp3) is 0.500. The van der Waals surface area contributed by atoms with Crippen molar-refractivity contribution in [1.29, 1.82) is 0 Å². The van der Waals surface area contributed by atoms with Gasteiger partial charge in [-0.15, -0.1) is 0 Å². The third-order valence-corrected chi connectivity index (χ3v) is 3.46. The molecular formula is C6H8N2O3S. The van der Waals surface area contributed by atoms with Crippen LogP contribution in [-0.4, -0.2) is 18.2 Å². The maximum atomic E-state index is 11.1. The first kappa shape index (κ1) is 7.60. The molecule has 2 rings (SSSR count). The molecule has 0 radical (unpaired) electrons. The first-order chi connectivity index (χ1) is 5.49. The molecule has 1 N–H and O–H groups in total. The Morgan fingerprint density at radius 3 is 2.67 bits per heavy atom. The summed E-state index contributed by atoms with van der Waals surface area (Å²) in [4.78, 5) is 11.1. The average molecular weight is 188 g/mol. The third kappa shape index (κ3) is 0.911. The maximum absolute atomic E-state index is 11.1. The van der Waals surface area contributed by atoms with Crippen LogP contribution < -0.4 is 5.56 Å². The lowest BCUT2D eigenvalue weighted by Crippen LogP contribution is -2.10. The van der Waals surface area contributed by atoms with Crippen molar-refractivity contribution in [1.82, 2.24) is 9.78 Å². The SMILES string of the molecule is Cn1[nH]c(=O)c2c1CS(=O)(=O)C2. The molecule has 2 heterocycles. The van der Waals surface area contributed by atoms with Crippen LogP contribution in [0, 0.1) is 0 Å². The van der Waals surface area contributed by atoms with Crippen LogP contribution in [0.25, 0.3) is 0 Å². The van der Waals surface area contributed by atoms with Gasteiger partial charge in [0.25, 0.3) is 5.56 Å². The zero-order valence-electron chi connectivity index (χ0n) is 6.49. The van der Waals surface area contributed by atoms with Gasteiger partial charge in [-0.2, -0.15) is 0 Å².